The van der Waals surface area contributed by atoms with E-state index < -0.39 is 0 Å². The molecule has 0 saturated heterocycles. The summed E-state index contributed by atoms with van der Waals surface area (Å²) in [5.41, 5.74) is 0. The minimum Gasteiger partial charge on any atom is -0.333 e. The maximum absolute atomic E-state index is 12.6. The minimum atomic E-state index is -0.215. The van der Waals surface area contributed by atoms with E-state index in [0.717, 1.165) is 5.16 Å². The Labute approximate surface area is 132 Å². The van der Waals surface area contributed by atoms with Gasteiger partial charge in [-0.1, -0.05) is 23.9 Å². The average molecular weight is 322 g/mol. The molecule has 1 unspecified atom stereocenters. The zero-order valence-corrected chi connectivity index (χ0v) is 13.7. The number of hydrogen-bond acceptors (Lipinski definition) is 5. The van der Waals surface area contributed by atoms with Crippen LogP contribution in [-0.4, -0.2) is 37.4 Å². The van der Waals surface area contributed by atoms with Gasteiger partial charge in [0.2, 0.25) is 5.91 Å². The average Bonchev–Trinajstić information content (AvgIpc) is 3.10. The van der Waals surface area contributed by atoms with Crippen molar-refractivity contribution in [3.8, 4) is 0 Å². The van der Waals surface area contributed by atoms with E-state index in [0.29, 0.717) is 13.1 Å². The lowest BCUT2D eigenvalue weighted by Crippen LogP contribution is -2.36. The van der Waals surface area contributed by atoms with E-state index >= 15 is 0 Å². The van der Waals surface area contributed by atoms with Crippen molar-refractivity contribution in [2.45, 2.75) is 23.9 Å². The van der Waals surface area contributed by atoms with Gasteiger partial charge >= 0.3 is 0 Å². The Kier molecular flexibility index (Phi) is 5.58. The molecule has 7 heteroatoms. The smallest absolute Gasteiger partial charge is 0.236 e. The topological polar surface area (TPSA) is 51.0 Å². The van der Waals surface area contributed by atoms with Gasteiger partial charge in [-0.15, -0.1) is 28.1 Å². The molecule has 0 spiro atoms. The van der Waals surface area contributed by atoms with Gasteiger partial charge in [-0.3, -0.25) is 4.79 Å². The molecule has 5 nitrogen and oxygen atoms in total. The summed E-state index contributed by atoms with van der Waals surface area (Å²) < 4.78 is 1.81. The van der Waals surface area contributed by atoms with Gasteiger partial charge in [0.25, 0.3) is 0 Å². The zero-order chi connectivity index (χ0) is 15.2. The molecule has 2 aromatic heterocycles. The maximum Gasteiger partial charge on any atom is 0.236 e. The van der Waals surface area contributed by atoms with Crippen molar-refractivity contribution < 1.29 is 4.79 Å². The van der Waals surface area contributed by atoms with Crippen LogP contribution in [0.15, 0.2) is 41.7 Å². The van der Waals surface area contributed by atoms with Crippen LogP contribution < -0.4 is 0 Å². The fourth-order valence-electron chi connectivity index (χ4n) is 1.82. The standard InChI is InChI=1S/C14H18N4OS2/c1-4-7-18(9-12-6-5-8-20-12)13(19)11(2)21-14-16-15-10-17(14)3/h4-6,8,10-11H,1,7,9H2,2-3H3. The lowest BCUT2D eigenvalue weighted by atomic mass is 10.3. The molecule has 0 aliphatic carbocycles. The first-order valence-electron chi connectivity index (χ1n) is 6.54. The van der Waals surface area contributed by atoms with Crippen molar-refractivity contribution >= 4 is 29.0 Å². The molecule has 0 aromatic carbocycles. The number of aryl methyl sites for hydroxylation is 1. The molecule has 0 aliphatic rings. The molecule has 0 N–H and O–H groups in total. The molecule has 2 aromatic rings. The Bertz CT molecular complexity index is 594. The third kappa shape index (κ3) is 4.18. The molecule has 2 heterocycles. The molecule has 112 valence electrons. The van der Waals surface area contributed by atoms with Gasteiger partial charge in [-0.05, 0) is 18.4 Å². The van der Waals surface area contributed by atoms with Crippen LogP contribution in [0.2, 0.25) is 0 Å². The Morgan fingerprint density at radius 3 is 3.05 bits per heavy atom. The third-order valence-corrected chi connectivity index (χ3v) is 4.88. The molecule has 21 heavy (non-hydrogen) atoms. The number of hydrogen-bond donors (Lipinski definition) is 0. The van der Waals surface area contributed by atoms with Gasteiger partial charge in [0.05, 0.1) is 11.8 Å². The normalized spacial score (nSPS) is 12.1. The molecule has 0 fully saturated rings. The van der Waals surface area contributed by atoms with E-state index in [1.807, 2.05) is 41.0 Å². The highest BCUT2D eigenvalue weighted by atomic mass is 32.2. The van der Waals surface area contributed by atoms with Crippen LogP contribution in [0.25, 0.3) is 0 Å². The van der Waals surface area contributed by atoms with Gasteiger partial charge in [-0.25, -0.2) is 0 Å². The van der Waals surface area contributed by atoms with Crippen LogP contribution in [-0.2, 0) is 18.4 Å². The molecular formula is C14H18N4OS2. The molecule has 0 radical (unpaired) electrons. The van der Waals surface area contributed by atoms with E-state index in [1.165, 1.54) is 16.6 Å². The van der Waals surface area contributed by atoms with Gasteiger partial charge in [-0.2, -0.15) is 0 Å². The number of rotatable bonds is 7. The summed E-state index contributed by atoms with van der Waals surface area (Å²) in [5.74, 6) is 0.0799. The van der Waals surface area contributed by atoms with Crippen molar-refractivity contribution in [2.24, 2.45) is 7.05 Å². The van der Waals surface area contributed by atoms with Crippen molar-refractivity contribution in [3.05, 3.63) is 41.4 Å². The lowest BCUT2D eigenvalue weighted by molar-refractivity contribution is -0.130. The molecule has 0 aliphatic heterocycles. The molecule has 1 atom stereocenters. The first-order chi connectivity index (χ1) is 10.1. The number of nitrogens with zero attached hydrogens (tertiary/aromatic N) is 4. The fourth-order valence-corrected chi connectivity index (χ4v) is 3.42. The molecule has 2 rings (SSSR count). The van der Waals surface area contributed by atoms with Crippen LogP contribution >= 0.6 is 23.1 Å². The summed E-state index contributed by atoms with van der Waals surface area (Å²) in [6.45, 7) is 6.79. The van der Waals surface area contributed by atoms with E-state index in [4.69, 9.17) is 0 Å². The monoisotopic (exact) mass is 322 g/mol. The highest BCUT2D eigenvalue weighted by Gasteiger charge is 2.22. The minimum absolute atomic E-state index is 0.0799. The third-order valence-electron chi connectivity index (χ3n) is 2.89. The number of amides is 1. The molecular weight excluding hydrogens is 304 g/mol. The van der Waals surface area contributed by atoms with Crippen molar-refractivity contribution in [1.82, 2.24) is 19.7 Å². The molecule has 0 saturated carbocycles. The Hall–Kier alpha value is -1.60. The first kappa shape index (κ1) is 15.8. The quantitative estimate of drug-likeness (QED) is 0.581. The molecule has 1 amide bonds. The predicted octanol–water partition coefficient (Wildman–Crippen LogP) is 2.57. The highest BCUT2D eigenvalue weighted by Crippen LogP contribution is 2.23. The number of thiophene rings is 1. The Morgan fingerprint density at radius 1 is 1.67 bits per heavy atom. The second-order valence-corrected chi connectivity index (χ2v) is 6.91. The second kappa shape index (κ2) is 7.42. The van der Waals surface area contributed by atoms with Crippen molar-refractivity contribution in [2.75, 3.05) is 6.54 Å². The van der Waals surface area contributed by atoms with Crippen molar-refractivity contribution in [3.63, 3.8) is 0 Å². The summed E-state index contributed by atoms with van der Waals surface area (Å²) in [6, 6.07) is 4.03. The van der Waals surface area contributed by atoms with Crippen molar-refractivity contribution in [1.29, 1.82) is 0 Å². The lowest BCUT2D eigenvalue weighted by Gasteiger charge is -2.23. The molecule has 0 bridgehead atoms. The van der Waals surface area contributed by atoms with Crippen LogP contribution in [0.4, 0.5) is 0 Å². The van der Waals surface area contributed by atoms with E-state index in [9.17, 15) is 4.79 Å². The maximum atomic E-state index is 12.6. The van der Waals surface area contributed by atoms with Crippen LogP contribution in [0.5, 0.6) is 0 Å². The highest BCUT2D eigenvalue weighted by molar-refractivity contribution is 8.00. The number of carbonyl (C=O) groups excluding carboxylic acids is 1. The van der Waals surface area contributed by atoms with E-state index in [1.54, 1.807) is 23.7 Å². The number of thioether (sulfide) groups is 1. The van der Waals surface area contributed by atoms with Crippen LogP contribution in [0.3, 0.4) is 0 Å². The predicted molar refractivity (Wildman–Crippen MR) is 86.3 cm³/mol. The van der Waals surface area contributed by atoms with E-state index in [2.05, 4.69) is 16.8 Å². The van der Waals surface area contributed by atoms with Gasteiger partial charge < -0.3 is 9.47 Å². The zero-order valence-electron chi connectivity index (χ0n) is 12.1. The number of carbonyl (C=O) groups is 1. The summed E-state index contributed by atoms with van der Waals surface area (Å²) in [6.07, 6.45) is 3.39. The summed E-state index contributed by atoms with van der Waals surface area (Å²) in [4.78, 5) is 15.6. The summed E-state index contributed by atoms with van der Waals surface area (Å²) >= 11 is 3.07. The second-order valence-electron chi connectivity index (χ2n) is 4.57. The van der Waals surface area contributed by atoms with Gasteiger partial charge in [0.15, 0.2) is 5.16 Å². The van der Waals surface area contributed by atoms with Crippen LogP contribution in [0.1, 0.15) is 11.8 Å². The SMILES string of the molecule is C=CCN(Cc1cccs1)C(=O)C(C)Sc1nncn1C. The van der Waals surface area contributed by atoms with Gasteiger partial charge in [0.1, 0.15) is 6.33 Å². The van der Waals surface area contributed by atoms with E-state index in [-0.39, 0.29) is 11.2 Å². The summed E-state index contributed by atoms with van der Waals surface area (Å²) in [7, 11) is 1.87. The van der Waals surface area contributed by atoms with Crippen LogP contribution in [0, 0.1) is 0 Å². The summed E-state index contributed by atoms with van der Waals surface area (Å²) in [5, 5.41) is 10.4. The largest absolute Gasteiger partial charge is 0.333 e. The first-order valence-corrected chi connectivity index (χ1v) is 8.30. The fraction of sp³-hybridized carbons (Fsp3) is 0.357. The Morgan fingerprint density at radius 2 is 2.48 bits per heavy atom. The van der Waals surface area contributed by atoms with Gasteiger partial charge in [0, 0.05) is 18.5 Å². The number of aromatic nitrogens is 3. The Balaban J connectivity index is 2.03.